The molecular formula is C15H17N3O3. The van der Waals surface area contributed by atoms with Crippen LogP contribution in [0, 0.1) is 0 Å². The number of H-pyrrole nitrogens is 1. The Morgan fingerprint density at radius 1 is 1.48 bits per heavy atom. The zero-order valence-corrected chi connectivity index (χ0v) is 11.7. The summed E-state index contributed by atoms with van der Waals surface area (Å²) >= 11 is 0. The fourth-order valence-electron chi connectivity index (χ4n) is 2.73. The highest BCUT2D eigenvalue weighted by Crippen LogP contribution is 2.34. The van der Waals surface area contributed by atoms with E-state index in [1.807, 2.05) is 24.3 Å². The van der Waals surface area contributed by atoms with Gasteiger partial charge in [-0.2, -0.15) is 5.10 Å². The Hall–Kier alpha value is -2.34. The number of nitrogens with zero attached hydrogens (tertiary/aromatic N) is 2. The van der Waals surface area contributed by atoms with E-state index in [-0.39, 0.29) is 11.9 Å². The van der Waals surface area contributed by atoms with E-state index in [0.717, 1.165) is 11.3 Å². The number of carbonyl (C=O) groups is 1. The molecule has 6 nitrogen and oxygen atoms in total. The van der Waals surface area contributed by atoms with Gasteiger partial charge in [0.2, 0.25) is 0 Å². The van der Waals surface area contributed by atoms with Crippen LogP contribution in [0.25, 0.3) is 0 Å². The Morgan fingerprint density at radius 3 is 3.05 bits per heavy atom. The van der Waals surface area contributed by atoms with Crippen LogP contribution >= 0.6 is 0 Å². The average molecular weight is 287 g/mol. The topological polar surface area (TPSA) is 78.5 Å². The summed E-state index contributed by atoms with van der Waals surface area (Å²) in [6.07, 6.45) is 1.54. The molecule has 2 N–H and O–H groups in total. The molecule has 0 radical (unpaired) electrons. The van der Waals surface area contributed by atoms with Crippen molar-refractivity contribution in [3.8, 4) is 5.75 Å². The number of carbonyl (C=O) groups excluding carboxylic acids is 1. The van der Waals surface area contributed by atoms with E-state index in [0.29, 0.717) is 18.7 Å². The van der Waals surface area contributed by atoms with Gasteiger partial charge in [-0.1, -0.05) is 12.1 Å². The van der Waals surface area contributed by atoms with Crippen LogP contribution in [0.15, 0.2) is 36.5 Å². The number of hydrogen-bond acceptors (Lipinski definition) is 4. The molecule has 6 heteroatoms. The van der Waals surface area contributed by atoms with Gasteiger partial charge in [0.1, 0.15) is 11.4 Å². The molecule has 2 atom stereocenters. The summed E-state index contributed by atoms with van der Waals surface area (Å²) in [6.45, 7) is 0.319. The monoisotopic (exact) mass is 287 g/mol. The predicted octanol–water partition coefficient (Wildman–Crippen LogP) is 1.37. The number of aromatic amines is 1. The van der Waals surface area contributed by atoms with Crippen LogP contribution in [0.2, 0.25) is 0 Å². The number of amides is 1. The molecule has 0 bridgehead atoms. The summed E-state index contributed by atoms with van der Waals surface area (Å²) in [5, 5.41) is 16.4. The summed E-state index contributed by atoms with van der Waals surface area (Å²) in [6, 6.07) is 9.06. The van der Waals surface area contributed by atoms with Crippen molar-refractivity contribution in [2.24, 2.45) is 0 Å². The maximum Gasteiger partial charge on any atom is 0.272 e. The predicted molar refractivity (Wildman–Crippen MR) is 76.0 cm³/mol. The third kappa shape index (κ3) is 2.62. The van der Waals surface area contributed by atoms with E-state index in [4.69, 9.17) is 4.74 Å². The first-order valence-corrected chi connectivity index (χ1v) is 6.81. The number of benzene rings is 1. The summed E-state index contributed by atoms with van der Waals surface area (Å²) in [7, 11) is 1.61. The molecule has 0 unspecified atom stereocenters. The normalized spacial score (nSPS) is 21.5. The fraction of sp³-hybridized carbons (Fsp3) is 0.333. The van der Waals surface area contributed by atoms with E-state index in [1.54, 1.807) is 24.3 Å². The molecule has 1 saturated heterocycles. The van der Waals surface area contributed by atoms with Crippen molar-refractivity contribution >= 4 is 5.91 Å². The molecule has 2 aromatic rings. The van der Waals surface area contributed by atoms with Gasteiger partial charge in [0, 0.05) is 12.7 Å². The smallest absolute Gasteiger partial charge is 0.272 e. The van der Waals surface area contributed by atoms with Crippen LogP contribution in [0.3, 0.4) is 0 Å². The summed E-state index contributed by atoms with van der Waals surface area (Å²) in [5.74, 6) is 0.583. The second-order valence-electron chi connectivity index (χ2n) is 5.11. The fourth-order valence-corrected chi connectivity index (χ4v) is 2.73. The first-order chi connectivity index (χ1) is 10.2. The number of hydrogen-bond donors (Lipinski definition) is 2. The molecule has 0 aliphatic carbocycles. The molecule has 2 heterocycles. The highest BCUT2D eigenvalue weighted by atomic mass is 16.5. The first-order valence-electron chi connectivity index (χ1n) is 6.81. The molecule has 3 rings (SSSR count). The van der Waals surface area contributed by atoms with Crippen molar-refractivity contribution < 1.29 is 14.6 Å². The number of aromatic nitrogens is 2. The Bertz CT molecular complexity index is 627. The maximum atomic E-state index is 12.5. The quantitative estimate of drug-likeness (QED) is 0.893. The third-order valence-corrected chi connectivity index (χ3v) is 3.75. The Morgan fingerprint density at radius 2 is 2.33 bits per heavy atom. The second kappa shape index (κ2) is 5.57. The summed E-state index contributed by atoms with van der Waals surface area (Å²) < 4.78 is 5.23. The lowest BCUT2D eigenvalue weighted by molar-refractivity contribution is 0.0709. The molecule has 1 aliphatic rings. The van der Waals surface area contributed by atoms with Crippen LogP contribution in [-0.2, 0) is 0 Å². The van der Waals surface area contributed by atoms with Crippen molar-refractivity contribution in [3.63, 3.8) is 0 Å². The largest absolute Gasteiger partial charge is 0.497 e. The molecular weight excluding hydrogens is 270 g/mol. The van der Waals surface area contributed by atoms with Gasteiger partial charge in [-0.05, 0) is 30.2 Å². The molecule has 1 aromatic heterocycles. The van der Waals surface area contributed by atoms with E-state index in [1.165, 1.54) is 0 Å². The summed E-state index contributed by atoms with van der Waals surface area (Å²) in [4.78, 5) is 14.2. The Kier molecular flexibility index (Phi) is 3.62. The Balaban J connectivity index is 1.90. The minimum absolute atomic E-state index is 0.156. The van der Waals surface area contributed by atoms with Gasteiger partial charge in [-0.25, -0.2) is 0 Å². The number of methoxy groups -OCH3 is 1. The number of aliphatic hydroxyl groups excluding tert-OH is 1. The SMILES string of the molecule is COc1cccc([C@@H]2C[C@@H](O)CN2C(=O)c2ccn[nH]2)c1. The van der Waals surface area contributed by atoms with Gasteiger partial charge >= 0.3 is 0 Å². The van der Waals surface area contributed by atoms with E-state index in [2.05, 4.69) is 10.2 Å². The van der Waals surface area contributed by atoms with Gasteiger partial charge in [-0.15, -0.1) is 0 Å². The lowest BCUT2D eigenvalue weighted by Gasteiger charge is -2.24. The minimum atomic E-state index is -0.520. The van der Waals surface area contributed by atoms with Gasteiger partial charge < -0.3 is 14.7 Å². The molecule has 110 valence electrons. The van der Waals surface area contributed by atoms with Crippen molar-refractivity contribution in [2.45, 2.75) is 18.6 Å². The van der Waals surface area contributed by atoms with Crippen LogP contribution in [0.1, 0.15) is 28.5 Å². The van der Waals surface area contributed by atoms with Gasteiger partial charge in [0.25, 0.3) is 5.91 Å². The van der Waals surface area contributed by atoms with Crippen molar-refractivity contribution in [2.75, 3.05) is 13.7 Å². The standard InChI is InChI=1S/C15H17N3O3/c1-21-12-4-2-3-10(7-12)14-8-11(19)9-18(14)15(20)13-5-6-16-17-13/h2-7,11,14,19H,8-9H2,1H3,(H,16,17)/t11-,14+/m1/s1. The number of ether oxygens (including phenoxy) is 1. The van der Waals surface area contributed by atoms with Crippen molar-refractivity contribution in [1.29, 1.82) is 0 Å². The van der Waals surface area contributed by atoms with Gasteiger partial charge in [-0.3, -0.25) is 9.89 Å². The van der Waals surface area contributed by atoms with Crippen LogP contribution < -0.4 is 4.74 Å². The molecule has 1 amide bonds. The van der Waals surface area contributed by atoms with Crippen LogP contribution in [0.5, 0.6) is 5.75 Å². The molecule has 1 fully saturated rings. The molecule has 21 heavy (non-hydrogen) atoms. The molecule has 1 aliphatic heterocycles. The van der Waals surface area contributed by atoms with Crippen molar-refractivity contribution in [3.05, 3.63) is 47.8 Å². The van der Waals surface area contributed by atoms with E-state index >= 15 is 0 Å². The Labute approximate surface area is 122 Å². The van der Waals surface area contributed by atoms with E-state index in [9.17, 15) is 9.90 Å². The number of aliphatic hydroxyl groups is 1. The van der Waals surface area contributed by atoms with Gasteiger partial charge in [0.05, 0.1) is 19.3 Å². The number of nitrogens with one attached hydrogen (secondary N) is 1. The molecule has 0 spiro atoms. The van der Waals surface area contributed by atoms with Crippen LogP contribution in [0.4, 0.5) is 0 Å². The van der Waals surface area contributed by atoms with Crippen LogP contribution in [-0.4, -0.2) is 45.9 Å². The number of rotatable bonds is 3. The molecule has 0 saturated carbocycles. The third-order valence-electron chi connectivity index (χ3n) is 3.75. The lowest BCUT2D eigenvalue weighted by atomic mass is 10.0. The van der Waals surface area contributed by atoms with Crippen molar-refractivity contribution in [1.82, 2.24) is 15.1 Å². The first kappa shape index (κ1) is 13.6. The lowest BCUT2D eigenvalue weighted by Crippen LogP contribution is -2.32. The van der Waals surface area contributed by atoms with Gasteiger partial charge in [0.15, 0.2) is 0 Å². The number of β-amino-alcohol motifs (C(OH)–C–C–N with tert-alkyl or cyclic N) is 1. The highest BCUT2D eigenvalue weighted by molar-refractivity contribution is 5.92. The summed E-state index contributed by atoms with van der Waals surface area (Å²) in [5.41, 5.74) is 1.38. The minimum Gasteiger partial charge on any atom is -0.497 e. The maximum absolute atomic E-state index is 12.5. The molecule has 1 aromatic carbocycles. The zero-order chi connectivity index (χ0) is 14.8. The average Bonchev–Trinajstić information content (AvgIpc) is 3.16. The van der Waals surface area contributed by atoms with E-state index < -0.39 is 6.10 Å². The highest BCUT2D eigenvalue weighted by Gasteiger charge is 2.36. The number of likely N-dealkylation sites (tertiary alicyclic amines) is 1. The zero-order valence-electron chi connectivity index (χ0n) is 11.7. The second-order valence-corrected chi connectivity index (χ2v) is 5.11.